The average molecular weight is 434 g/mol. The minimum Gasteiger partial charge on any atom is -0.376 e. The van der Waals surface area contributed by atoms with Crippen LogP contribution in [0.5, 0.6) is 0 Å². The number of para-hydroxylation sites is 1. The molecule has 0 aliphatic carbocycles. The zero-order valence-electron chi connectivity index (χ0n) is 17.2. The van der Waals surface area contributed by atoms with Crippen LogP contribution in [0, 0.1) is 0 Å². The number of rotatable bonds is 6. The zero-order valence-corrected chi connectivity index (χ0v) is 18.0. The van der Waals surface area contributed by atoms with Crippen molar-refractivity contribution in [2.75, 3.05) is 13.2 Å². The maximum atomic E-state index is 12.7. The van der Waals surface area contributed by atoms with Gasteiger partial charge in [0.15, 0.2) is 10.8 Å². The Hall–Kier alpha value is -2.97. The second-order valence-corrected chi connectivity index (χ2v) is 8.91. The van der Waals surface area contributed by atoms with E-state index in [2.05, 4.69) is 15.5 Å². The number of thioether (sulfide) groups is 1. The normalized spacial score (nSPS) is 17.3. The molecule has 4 aromatic rings. The second-order valence-electron chi connectivity index (χ2n) is 7.60. The summed E-state index contributed by atoms with van der Waals surface area (Å²) in [5, 5.41) is 13.1. The van der Waals surface area contributed by atoms with E-state index in [-0.39, 0.29) is 17.3 Å². The van der Waals surface area contributed by atoms with Crippen LogP contribution >= 0.6 is 11.8 Å². The first kappa shape index (κ1) is 20.0. The first-order valence-electron chi connectivity index (χ1n) is 10.5. The molecule has 1 aliphatic rings. The molecule has 0 unspecified atom stereocenters. The minimum absolute atomic E-state index is 0.0349. The van der Waals surface area contributed by atoms with E-state index in [1.54, 1.807) is 0 Å². The van der Waals surface area contributed by atoms with E-state index in [1.165, 1.54) is 11.8 Å². The summed E-state index contributed by atoms with van der Waals surface area (Å²) in [7, 11) is 0. The van der Waals surface area contributed by atoms with Crippen molar-refractivity contribution in [3.05, 3.63) is 54.6 Å². The zero-order chi connectivity index (χ0) is 21.2. The lowest BCUT2D eigenvalue weighted by molar-refractivity contribution is -0.120. The molecule has 8 heteroatoms. The first-order chi connectivity index (χ1) is 15.2. The third-order valence-electron chi connectivity index (χ3n) is 5.43. The number of ether oxygens (including phenoxy) is 1. The fourth-order valence-electron chi connectivity index (χ4n) is 3.79. The molecular formula is C23H23N5O2S. The molecule has 31 heavy (non-hydrogen) atoms. The predicted octanol–water partition coefficient (Wildman–Crippen LogP) is 3.72. The van der Waals surface area contributed by atoms with E-state index in [4.69, 9.17) is 9.72 Å². The van der Waals surface area contributed by atoms with Crippen LogP contribution in [-0.4, -0.2) is 50.0 Å². The quantitative estimate of drug-likeness (QED) is 0.467. The molecule has 3 heterocycles. The molecule has 5 rings (SSSR count). The number of benzene rings is 2. The van der Waals surface area contributed by atoms with E-state index in [0.29, 0.717) is 11.7 Å². The molecule has 1 N–H and O–H groups in total. The molecule has 0 saturated carbocycles. The van der Waals surface area contributed by atoms with E-state index < -0.39 is 0 Å². The van der Waals surface area contributed by atoms with E-state index >= 15 is 0 Å². The standard InChI is InChI=1S/C23H23N5O2S/c1-15(22(29)24-14-17-10-7-13-30-17)31-23-27-26-21-18-11-5-6-12-19(18)25-20(28(21)23)16-8-3-2-4-9-16/h2-6,8-9,11-12,15,17H,7,10,13-14H2,1H3,(H,24,29)/t15-,17+/m0/s1. The highest BCUT2D eigenvalue weighted by atomic mass is 32.2. The smallest absolute Gasteiger partial charge is 0.233 e. The number of hydrogen-bond donors (Lipinski definition) is 1. The van der Waals surface area contributed by atoms with Gasteiger partial charge in [0.2, 0.25) is 5.91 Å². The molecule has 7 nitrogen and oxygen atoms in total. The van der Waals surface area contributed by atoms with E-state index in [0.717, 1.165) is 47.4 Å². The van der Waals surface area contributed by atoms with Crippen LogP contribution in [0.25, 0.3) is 27.9 Å². The van der Waals surface area contributed by atoms with Crippen molar-refractivity contribution in [3.63, 3.8) is 0 Å². The van der Waals surface area contributed by atoms with Gasteiger partial charge in [-0.2, -0.15) is 0 Å². The molecule has 2 aromatic heterocycles. The van der Waals surface area contributed by atoms with E-state index in [9.17, 15) is 4.79 Å². The second kappa shape index (κ2) is 8.64. The van der Waals surface area contributed by atoms with Gasteiger partial charge in [-0.05, 0) is 31.9 Å². The summed E-state index contributed by atoms with van der Waals surface area (Å²) in [6.45, 7) is 3.21. The Morgan fingerprint density at radius 2 is 2.00 bits per heavy atom. The fraction of sp³-hybridized carbons (Fsp3) is 0.304. The predicted molar refractivity (Wildman–Crippen MR) is 121 cm³/mol. The summed E-state index contributed by atoms with van der Waals surface area (Å²) < 4.78 is 7.55. The Labute approximate surface area is 184 Å². The summed E-state index contributed by atoms with van der Waals surface area (Å²) in [4.78, 5) is 17.6. The topological polar surface area (TPSA) is 81.4 Å². The number of hydrogen-bond acceptors (Lipinski definition) is 6. The molecule has 1 amide bonds. The highest BCUT2D eigenvalue weighted by Crippen LogP contribution is 2.30. The van der Waals surface area contributed by atoms with Crippen LogP contribution in [0.3, 0.4) is 0 Å². The van der Waals surface area contributed by atoms with Crippen LogP contribution in [0.15, 0.2) is 59.8 Å². The summed E-state index contributed by atoms with van der Waals surface area (Å²) in [6, 6.07) is 17.9. The SMILES string of the molecule is C[C@H](Sc1nnc2c3ccccc3nc(-c3ccccc3)n12)C(=O)NC[C@H]1CCCO1. The number of carbonyl (C=O) groups is 1. The molecule has 2 aromatic carbocycles. The van der Waals surface area contributed by atoms with Gasteiger partial charge in [0.1, 0.15) is 5.82 Å². The number of nitrogens with one attached hydrogen (secondary N) is 1. The van der Waals surface area contributed by atoms with Crippen LogP contribution < -0.4 is 5.32 Å². The highest BCUT2D eigenvalue weighted by molar-refractivity contribution is 8.00. The van der Waals surface area contributed by atoms with Gasteiger partial charge in [-0.15, -0.1) is 10.2 Å². The van der Waals surface area contributed by atoms with Crippen molar-refractivity contribution < 1.29 is 9.53 Å². The van der Waals surface area contributed by atoms with Gasteiger partial charge in [-0.1, -0.05) is 54.2 Å². The Morgan fingerprint density at radius 1 is 1.19 bits per heavy atom. The lowest BCUT2D eigenvalue weighted by atomic mass is 10.2. The maximum Gasteiger partial charge on any atom is 0.233 e. The van der Waals surface area contributed by atoms with Gasteiger partial charge in [0.05, 0.1) is 16.9 Å². The third kappa shape index (κ3) is 4.00. The molecule has 158 valence electrons. The van der Waals surface area contributed by atoms with Gasteiger partial charge in [0, 0.05) is 24.1 Å². The Morgan fingerprint density at radius 3 is 2.81 bits per heavy atom. The van der Waals surface area contributed by atoms with Crippen molar-refractivity contribution in [1.82, 2.24) is 24.9 Å². The number of carbonyl (C=O) groups excluding carboxylic acids is 1. The molecular weight excluding hydrogens is 410 g/mol. The van der Waals surface area contributed by atoms with Crippen molar-refractivity contribution in [3.8, 4) is 11.4 Å². The summed E-state index contributed by atoms with van der Waals surface area (Å²) in [5.41, 5.74) is 2.56. The Kier molecular flexibility index (Phi) is 5.57. The molecule has 2 atom stereocenters. The van der Waals surface area contributed by atoms with Crippen molar-refractivity contribution >= 4 is 34.2 Å². The molecule has 1 aliphatic heterocycles. The van der Waals surface area contributed by atoms with E-state index in [1.807, 2.05) is 65.9 Å². The minimum atomic E-state index is -0.330. The highest BCUT2D eigenvalue weighted by Gasteiger charge is 2.23. The number of nitrogens with zero attached hydrogens (tertiary/aromatic N) is 4. The van der Waals surface area contributed by atoms with Crippen LogP contribution in [0.4, 0.5) is 0 Å². The molecule has 1 saturated heterocycles. The van der Waals surface area contributed by atoms with Crippen LogP contribution in [-0.2, 0) is 9.53 Å². The maximum absolute atomic E-state index is 12.7. The fourth-order valence-corrected chi connectivity index (χ4v) is 4.66. The van der Waals surface area contributed by atoms with Crippen LogP contribution in [0.2, 0.25) is 0 Å². The van der Waals surface area contributed by atoms with Crippen LogP contribution in [0.1, 0.15) is 19.8 Å². The van der Waals surface area contributed by atoms with Gasteiger partial charge >= 0.3 is 0 Å². The summed E-state index contributed by atoms with van der Waals surface area (Å²) >= 11 is 1.38. The van der Waals surface area contributed by atoms with Crippen molar-refractivity contribution in [1.29, 1.82) is 0 Å². The first-order valence-corrected chi connectivity index (χ1v) is 11.3. The third-order valence-corrected chi connectivity index (χ3v) is 6.47. The van der Waals surface area contributed by atoms with Crippen molar-refractivity contribution in [2.45, 2.75) is 36.3 Å². The summed E-state index contributed by atoms with van der Waals surface area (Å²) in [6.07, 6.45) is 2.17. The van der Waals surface area contributed by atoms with Gasteiger partial charge < -0.3 is 10.1 Å². The monoisotopic (exact) mass is 433 g/mol. The Balaban J connectivity index is 1.49. The lowest BCUT2D eigenvalue weighted by Crippen LogP contribution is -2.36. The molecule has 0 bridgehead atoms. The van der Waals surface area contributed by atoms with Gasteiger partial charge in [-0.25, -0.2) is 4.98 Å². The largest absolute Gasteiger partial charge is 0.376 e. The average Bonchev–Trinajstić information content (AvgIpc) is 3.48. The number of aromatic nitrogens is 4. The molecule has 0 radical (unpaired) electrons. The number of amides is 1. The van der Waals surface area contributed by atoms with Gasteiger partial charge in [0.25, 0.3) is 0 Å². The lowest BCUT2D eigenvalue weighted by Gasteiger charge is -2.15. The van der Waals surface area contributed by atoms with Crippen molar-refractivity contribution in [2.24, 2.45) is 0 Å². The van der Waals surface area contributed by atoms with Gasteiger partial charge in [-0.3, -0.25) is 9.20 Å². The molecule has 0 spiro atoms. The number of fused-ring (bicyclic) bond motifs is 3. The summed E-state index contributed by atoms with van der Waals surface area (Å²) in [5.74, 6) is 0.723. The molecule has 1 fully saturated rings. The Bertz CT molecular complexity index is 1220.